The first-order valence-electron chi connectivity index (χ1n) is 10.6. The van der Waals surface area contributed by atoms with Gasteiger partial charge in [-0.15, -0.1) is 0 Å². The van der Waals surface area contributed by atoms with Gasteiger partial charge in [0.05, 0.1) is 10.9 Å². The Balaban J connectivity index is 1.45. The van der Waals surface area contributed by atoms with Gasteiger partial charge in [-0.2, -0.15) is 0 Å². The average molecular weight is 430 g/mol. The zero-order valence-corrected chi connectivity index (χ0v) is 18.7. The first-order chi connectivity index (χ1) is 14.6. The molecule has 1 fully saturated rings. The Morgan fingerprint density at radius 3 is 2.48 bits per heavy atom. The summed E-state index contributed by atoms with van der Waals surface area (Å²) in [5, 5.41) is 3.38. The zero-order valence-electron chi connectivity index (χ0n) is 18.7. The number of benzene rings is 1. The van der Waals surface area contributed by atoms with Crippen LogP contribution in [0.3, 0.4) is 0 Å². The van der Waals surface area contributed by atoms with E-state index in [9.17, 15) is 14.4 Å². The molecule has 1 aromatic carbocycles. The fourth-order valence-electron chi connectivity index (χ4n) is 3.50. The third-order valence-electron chi connectivity index (χ3n) is 5.13. The summed E-state index contributed by atoms with van der Waals surface area (Å²) in [6.07, 6.45) is -0.287. The van der Waals surface area contributed by atoms with Crippen LogP contribution in [-0.4, -0.2) is 76.2 Å². The standard InChI is InChI=1S/C22H31N5O4/c1-16-24-18-8-6-5-7-17(18)20(29)27(16)15-19(28)23-9-10-25-11-13-26(14-12-25)21(30)31-22(2,3)4/h5-8H,9-15H2,1-4H3,(H,23,28). The van der Waals surface area contributed by atoms with Crippen molar-refractivity contribution in [2.24, 2.45) is 0 Å². The van der Waals surface area contributed by atoms with E-state index in [1.807, 2.05) is 26.8 Å². The number of piperazine rings is 1. The van der Waals surface area contributed by atoms with Crippen LogP contribution in [0, 0.1) is 6.92 Å². The molecule has 0 unspecified atom stereocenters. The normalized spacial score (nSPS) is 15.2. The maximum absolute atomic E-state index is 12.7. The second kappa shape index (κ2) is 9.47. The summed E-state index contributed by atoms with van der Waals surface area (Å²) in [7, 11) is 0. The van der Waals surface area contributed by atoms with Crippen molar-refractivity contribution in [3.05, 3.63) is 40.4 Å². The highest BCUT2D eigenvalue weighted by atomic mass is 16.6. The number of rotatable bonds is 5. The van der Waals surface area contributed by atoms with Crippen molar-refractivity contribution in [1.82, 2.24) is 24.7 Å². The number of carbonyl (C=O) groups is 2. The van der Waals surface area contributed by atoms with Gasteiger partial charge in [0.15, 0.2) is 0 Å². The Kier molecular flexibility index (Phi) is 6.94. The second-order valence-corrected chi connectivity index (χ2v) is 8.73. The molecule has 2 aromatic rings. The fraction of sp³-hybridized carbons (Fsp3) is 0.545. The smallest absolute Gasteiger partial charge is 0.410 e. The number of ether oxygens (including phenoxy) is 1. The van der Waals surface area contributed by atoms with Crippen LogP contribution in [0.2, 0.25) is 0 Å². The van der Waals surface area contributed by atoms with E-state index < -0.39 is 5.60 Å². The van der Waals surface area contributed by atoms with E-state index in [2.05, 4.69) is 15.2 Å². The molecule has 3 rings (SSSR count). The summed E-state index contributed by atoms with van der Waals surface area (Å²) in [6, 6.07) is 7.12. The number of nitrogens with one attached hydrogen (secondary N) is 1. The molecule has 0 aliphatic carbocycles. The summed E-state index contributed by atoms with van der Waals surface area (Å²) in [6.45, 7) is 11.0. The van der Waals surface area contributed by atoms with Gasteiger partial charge in [-0.1, -0.05) is 12.1 Å². The lowest BCUT2D eigenvalue weighted by molar-refractivity contribution is -0.121. The Labute approximate surface area is 182 Å². The van der Waals surface area contributed by atoms with Gasteiger partial charge in [-0.3, -0.25) is 19.1 Å². The SMILES string of the molecule is Cc1nc2ccccc2c(=O)n1CC(=O)NCCN1CCN(C(=O)OC(C)(C)C)CC1. The van der Waals surface area contributed by atoms with Crippen molar-refractivity contribution in [1.29, 1.82) is 0 Å². The number of hydrogen-bond acceptors (Lipinski definition) is 6. The van der Waals surface area contributed by atoms with Crippen molar-refractivity contribution in [2.75, 3.05) is 39.3 Å². The minimum Gasteiger partial charge on any atom is -0.444 e. The number of carbonyl (C=O) groups excluding carboxylic acids is 2. The van der Waals surface area contributed by atoms with E-state index in [1.54, 1.807) is 30.0 Å². The molecule has 168 valence electrons. The number of para-hydroxylation sites is 1. The lowest BCUT2D eigenvalue weighted by atomic mass is 10.2. The van der Waals surface area contributed by atoms with Crippen molar-refractivity contribution >= 4 is 22.9 Å². The van der Waals surface area contributed by atoms with Crippen LogP contribution in [0.4, 0.5) is 4.79 Å². The summed E-state index contributed by atoms with van der Waals surface area (Å²) in [5.74, 6) is 0.284. The maximum Gasteiger partial charge on any atom is 0.410 e. The van der Waals surface area contributed by atoms with Crippen LogP contribution in [0.15, 0.2) is 29.1 Å². The predicted molar refractivity (Wildman–Crippen MR) is 118 cm³/mol. The fourth-order valence-corrected chi connectivity index (χ4v) is 3.50. The van der Waals surface area contributed by atoms with Crippen LogP contribution in [0.25, 0.3) is 10.9 Å². The van der Waals surface area contributed by atoms with Crippen molar-refractivity contribution in [2.45, 2.75) is 39.8 Å². The summed E-state index contributed by atoms with van der Waals surface area (Å²) in [5.41, 5.74) is -0.0805. The van der Waals surface area contributed by atoms with Gasteiger partial charge >= 0.3 is 6.09 Å². The number of amides is 2. The molecule has 1 aromatic heterocycles. The van der Waals surface area contributed by atoms with E-state index >= 15 is 0 Å². The molecule has 0 radical (unpaired) electrons. The number of fused-ring (bicyclic) bond motifs is 1. The summed E-state index contributed by atoms with van der Waals surface area (Å²) >= 11 is 0. The lowest BCUT2D eigenvalue weighted by Gasteiger charge is -2.35. The molecule has 9 heteroatoms. The Hall–Kier alpha value is -2.94. The van der Waals surface area contributed by atoms with Crippen LogP contribution in [-0.2, 0) is 16.1 Å². The van der Waals surface area contributed by atoms with Crippen LogP contribution >= 0.6 is 0 Å². The minimum absolute atomic E-state index is 0.0606. The zero-order chi connectivity index (χ0) is 22.6. The van der Waals surface area contributed by atoms with Gasteiger partial charge < -0.3 is 15.0 Å². The Morgan fingerprint density at radius 1 is 1.13 bits per heavy atom. The molecule has 1 N–H and O–H groups in total. The van der Waals surface area contributed by atoms with E-state index in [1.165, 1.54) is 4.57 Å². The van der Waals surface area contributed by atoms with Gasteiger partial charge in [-0.05, 0) is 39.8 Å². The minimum atomic E-state index is -0.501. The van der Waals surface area contributed by atoms with Crippen molar-refractivity contribution in [3.63, 3.8) is 0 Å². The molecule has 0 atom stereocenters. The topological polar surface area (TPSA) is 96.8 Å². The van der Waals surface area contributed by atoms with Crippen molar-refractivity contribution in [3.8, 4) is 0 Å². The number of nitrogens with zero attached hydrogens (tertiary/aromatic N) is 4. The molecule has 0 spiro atoms. The number of aromatic nitrogens is 2. The average Bonchev–Trinajstić information content (AvgIpc) is 2.70. The predicted octanol–water partition coefficient (Wildman–Crippen LogP) is 1.37. The highest BCUT2D eigenvalue weighted by Crippen LogP contribution is 2.12. The first-order valence-corrected chi connectivity index (χ1v) is 10.6. The molecule has 0 saturated carbocycles. The molecule has 1 saturated heterocycles. The molecule has 2 heterocycles. The molecule has 1 aliphatic rings. The third-order valence-corrected chi connectivity index (χ3v) is 5.13. The van der Waals surface area contributed by atoms with Gasteiger partial charge in [0, 0.05) is 39.3 Å². The summed E-state index contributed by atoms with van der Waals surface area (Å²) < 4.78 is 6.81. The highest BCUT2D eigenvalue weighted by molar-refractivity contribution is 5.79. The maximum atomic E-state index is 12.7. The van der Waals surface area contributed by atoms with E-state index in [4.69, 9.17) is 4.74 Å². The monoisotopic (exact) mass is 429 g/mol. The van der Waals surface area contributed by atoms with Crippen LogP contribution in [0.5, 0.6) is 0 Å². The Morgan fingerprint density at radius 2 is 1.81 bits per heavy atom. The molecule has 31 heavy (non-hydrogen) atoms. The van der Waals surface area contributed by atoms with Gasteiger partial charge in [0.25, 0.3) is 5.56 Å². The molecular weight excluding hydrogens is 398 g/mol. The quantitative estimate of drug-likeness (QED) is 0.771. The van der Waals surface area contributed by atoms with Gasteiger partial charge in [-0.25, -0.2) is 9.78 Å². The molecule has 1 aliphatic heterocycles. The van der Waals surface area contributed by atoms with E-state index in [-0.39, 0.29) is 24.1 Å². The number of aryl methyl sites for hydroxylation is 1. The first kappa shape index (κ1) is 22.7. The van der Waals surface area contributed by atoms with Crippen LogP contribution in [0.1, 0.15) is 26.6 Å². The largest absolute Gasteiger partial charge is 0.444 e. The second-order valence-electron chi connectivity index (χ2n) is 8.73. The molecule has 9 nitrogen and oxygen atoms in total. The van der Waals surface area contributed by atoms with E-state index in [0.29, 0.717) is 42.9 Å². The lowest BCUT2D eigenvalue weighted by Crippen LogP contribution is -2.51. The molecular formula is C22H31N5O4. The molecule has 0 bridgehead atoms. The van der Waals surface area contributed by atoms with Crippen molar-refractivity contribution < 1.29 is 14.3 Å². The van der Waals surface area contributed by atoms with Gasteiger partial charge in [0.2, 0.25) is 5.91 Å². The highest BCUT2D eigenvalue weighted by Gasteiger charge is 2.25. The van der Waals surface area contributed by atoms with E-state index in [0.717, 1.165) is 13.1 Å². The van der Waals surface area contributed by atoms with Gasteiger partial charge in [0.1, 0.15) is 18.0 Å². The Bertz CT molecular complexity index is 1000. The van der Waals surface area contributed by atoms with Crippen LogP contribution < -0.4 is 10.9 Å². The summed E-state index contributed by atoms with van der Waals surface area (Å²) in [4.78, 5) is 45.5. The molecule has 2 amide bonds. The number of hydrogen-bond donors (Lipinski definition) is 1. The third kappa shape index (κ3) is 6.04.